The van der Waals surface area contributed by atoms with Gasteiger partial charge in [-0.1, -0.05) is 11.8 Å². The van der Waals surface area contributed by atoms with E-state index in [2.05, 4.69) is 22.3 Å². The lowest BCUT2D eigenvalue weighted by Gasteiger charge is -2.03. The van der Waals surface area contributed by atoms with Crippen molar-refractivity contribution < 1.29 is 9.90 Å². The quantitative estimate of drug-likeness (QED) is 0.825. The maximum atomic E-state index is 12.0. The Morgan fingerprint density at radius 1 is 1.38 bits per heavy atom. The lowest BCUT2D eigenvalue weighted by molar-refractivity contribution is 0.0951. The molecule has 1 amide bonds. The zero-order valence-electron chi connectivity index (χ0n) is 11.8. The van der Waals surface area contributed by atoms with E-state index in [1.165, 1.54) is 0 Å². The summed E-state index contributed by atoms with van der Waals surface area (Å²) < 4.78 is 1.70. The molecule has 0 aliphatic heterocycles. The number of aliphatic hydroxyl groups excluding tert-OH is 1. The highest BCUT2D eigenvalue weighted by atomic mass is 16.2. The van der Waals surface area contributed by atoms with Crippen LogP contribution in [0.3, 0.4) is 0 Å². The van der Waals surface area contributed by atoms with E-state index in [1.807, 2.05) is 13.2 Å². The molecule has 1 aromatic heterocycles. The summed E-state index contributed by atoms with van der Waals surface area (Å²) in [4.78, 5) is 12.0. The normalized spacial score (nSPS) is 9.81. The number of hydrogen-bond donors (Lipinski definition) is 2. The first-order chi connectivity index (χ1) is 10.2. The molecule has 0 bridgehead atoms. The van der Waals surface area contributed by atoms with Gasteiger partial charge < -0.3 is 10.4 Å². The van der Waals surface area contributed by atoms with E-state index in [0.29, 0.717) is 18.5 Å². The number of nitrogens with zero attached hydrogens (tertiary/aromatic N) is 2. The smallest absolute Gasteiger partial charge is 0.251 e. The summed E-state index contributed by atoms with van der Waals surface area (Å²) in [7, 11) is 1.84. The number of aliphatic hydroxyl groups is 1. The molecular weight excluding hydrogens is 266 g/mol. The van der Waals surface area contributed by atoms with Crippen molar-refractivity contribution in [1.82, 2.24) is 15.1 Å². The van der Waals surface area contributed by atoms with Crippen LogP contribution in [-0.2, 0) is 13.6 Å². The van der Waals surface area contributed by atoms with E-state index in [-0.39, 0.29) is 12.5 Å². The Bertz CT molecular complexity index is 663. The molecule has 0 radical (unpaired) electrons. The van der Waals surface area contributed by atoms with Gasteiger partial charge in [-0.25, -0.2) is 0 Å². The van der Waals surface area contributed by atoms with E-state index >= 15 is 0 Å². The first kappa shape index (κ1) is 14.8. The van der Waals surface area contributed by atoms with Gasteiger partial charge in [-0.3, -0.25) is 9.48 Å². The van der Waals surface area contributed by atoms with Gasteiger partial charge in [0.1, 0.15) is 0 Å². The third-order valence-electron chi connectivity index (χ3n) is 2.83. The van der Waals surface area contributed by atoms with Gasteiger partial charge in [0.15, 0.2) is 0 Å². The molecular formula is C16H17N3O2. The minimum absolute atomic E-state index is 0.0574. The lowest BCUT2D eigenvalue weighted by Crippen LogP contribution is -2.22. The van der Waals surface area contributed by atoms with Crippen molar-refractivity contribution in [3.63, 3.8) is 0 Å². The fraction of sp³-hybridized carbons (Fsp3) is 0.250. The summed E-state index contributed by atoms with van der Waals surface area (Å²) in [5.41, 5.74) is 2.37. The van der Waals surface area contributed by atoms with Gasteiger partial charge in [-0.05, 0) is 24.3 Å². The van der Waals surface area contributed by atoms with E-state index < -0.39 is 0 Å². The highest BCUT2D eigenvalue weighted by Gasteiger charge is 2.05. The molecule has 0 atom stereocenters. The fourth-order valence-corrected chi connectivity index (χ4v) is 1.77. The molecule has 5 heteroatoms. The Morgan fingerprint density at radius 2 is 2.14 bits per heavy atom. The third-order valence-corrected chi connectivity index (χ3v) is 2.83. The Hall–Kier alpha value is -2.58. The number of carbonyl (C=O) groups is 1. The second-order valence-corrected chi connectivity index (χ2v) is 4.56. The molecule has 2 N–H and O–H groups in total. The average Bonchev–Trinajstić information content (AvgIpc) is 2.91. The molecule has 0 spiro atoms. The highest BCUT2D eigenvalue weighted by Crippen LogP contribution is 2.04. The molecule has 0 saturated carbocycles. The summed E-state index contributed by atoms with van der Waals surface area (Å²) in [6, 6.07) is 7.07. The van der Waals surface area contributed by atoms with Crippen molar-refractivity contribution in [3.05, 3.63) is 53.3 Å². The van der Waals surface area contributed by atoms with Crippen LogP contribution in [0.15, 0.2) is 36.7 Å². The standard InChI is InChI=1S/C16H17N3O2/c1-19-12-14(11-18-19)10-17-16(21)15-7-5-13(6-8-15)4-2-3-9-20/h5-8,11-12,20H,3,9-10H2,1H3,(H,17,21). The molecule has 5 nitrogen and oxygen atoms in total. The minimum atomic E-state index is -0.131. The van der Waals surface area contributed by atoms with Crippen LogP contribution in [0.4, 0.5) is 0 Å². The first-order valence-electron chi connectivity index (χ1n) is 6.64. The number of hydrogen-bond acceptors (Lipinski definition) is 3. The van der Waals surface area contributed by atoms with Crippen molar-refractivity contribution in [3.8, 4) is 11.8 Å². The zero-order valence-corrected chi connectivity index (χ0v) is 11.8. The summed E-state index contributed by atoms with van der Waals surface area (Å²) >= 11 is 0. The molecule has 0 saturated heterocycles. The van der Waals surface area contributed by atoms with E-state index in [1.54, 1.807) is 35.1 Å². The topological polar surface area (TPSA) is 67.2 Å². The zero-order chi connectivity index (χ0) is 15.1. The van der Waals surface area contributed by atoms with E-state index in [0.717, 1.165) is 11.1 Å². The van der Waals surface area contributed by atoms with Crippen LogP contribution in [0.25, 0.3) is 0 Å². The van der Waals surface area contributed by atoms with Crippen LogP contribution < -0.4 is 5.32 Å². The Labute approximate surface area is 123 Å². The summed E-state index contributed by atoms with van der Waals surface area (Å²) in [6.07, 6.45) is 4.04. The number of benzene rings is 1. The molecule has 108 valence electrons. The van der Waals surface area contributed by atoms with Gasteiger partial charge in [0.05, 0.1) is 12.8 Å². The van der Waals surface area contributed by atoms with Gasteiger partial charge >= 0.3 is 0 Å². The molecule has 1 heterocycles. The van der Waals surface area contributed by atoms with Gasteiger partial charge in [0, 0.05) is 42.9 Å². The predicted molar refractivity (Wildman–Crippen MR) is 79.4 cm³/mol. The molecule has 0 aliphatic carbocycles. The van der Waals surface area contributed by atoms with Crippen molar-refractivity contribution in [2.24, 2.45) is 7.05 Å². The number of aromatic nitrogens is 2. The fourth-order valence-electron chi connectivity index (χ4n) is 1.77. The van der Waals surface area contributed by atoms with E-state index in [9.17, 15) is 4.79 Å². The number of carbonyl (C=O) groups excluding carboxylic acids is 1. The van der Waals surface area contributed by atoms with Crippen LogP contribution in [0.1, 0.15) is 27.9 Å². The molecule has 2 rings (SSSR count). The molecule has 2 aromatic rings. The monoisotopic (exact) mass is 283 g/mol. The first-order valence-corrected chi connectivity index (χ1v) is 6.64. The van der Waals surface area contributed by atoms with Gasteiger partial charge in [0.2, 0.25) is 0 Å². The van der Waals surface area contributed by atoms with Crippen molar-refractivity contribution in [2.75, 3.05) is 6.61 Å². The number of nitrogens with one attached hydrogen (secondary N) is 1. The van der Waals surface area contributed by atoms with E-state index in [4.69, 9.17) is 5.11 Å². The Kier molecular flexibility index (Phi) is 5.13. The van der Waals surface area contributed by atoms with Crippen molar-refractivity contribution >= 4 is 5.91 Å². The van der Waals surface area contributed by atoms with Crippen molar-refractivity contribution in [1.29, 1.82) is 0 Å². The third kappa shape index (κ3) is 4.48. The minimum Gasteiger partial charge on any atom is -0.395 e. The molecule has 21 heavy (non-hydrogen) atoms. The average molecular weight is 283 g/mol. The largest absolute Gasteiger partial charge is 0.395 e. The van der Waals surface area contributed by atoms with Crippen LogP contribution in [0.5, 0.6) is 0 Å². The maximum absolute atomic E-state index is 12.0. The van der Waals surface area contributed by atoms with Crippen LogP contribution in [-0.4, -0.2) is 27.4 Å². The van der Waals surface area contributed by atoms with Crippen molar-refractivity contribution in [2.45, 2.75) is 13.0 Å². The van der Waals surface area contributed by atoms with Crippen LogP contribution in [0.2, 0.25) is 0 Å². The Balaban J connectivity index is 1.92. The molecule has 0 fully saturated rings. The number of amides is 1. The number of aryl methyl sites for hydroxylation is 1. The van der Waals surface area contributed by atoms with Crippen LogP contribution in [0, 0.1) is 11.8 Å². The highest BCUT2D eigenvalue weighted by molar-refractivity contribution is 5.94. The molecule has 1 aromatic carbocycles. The summed E-state index contributed by atoms with van der Waals surface area (Å²) in [5, 5.41) is 15.5. The number of rotatable bonds is 4. The SMILES string of the molecule is Cn1cc(CNC(=O)c2ccc(C#CCCO)cc2)cn1. The van der Waals surface area contributed by atoms with Gasteiger partial charge in [-0.2, -0.15) is 5.10 Å². The molecule has 0 unspecified atom stereocenters. The predicted octanol–water partition coefficient (Wildman–Crippen LogP) is 1.08. The maximum Gasteiger partial charge on any atom is 0.251 e. The second kappa shape index (κ2) is 7.27. The second-order valence-electron chi connectivity index (χ2n) is 4.56. The summed E-state index contributed by atoms with van der Waals surface area (Å²) in [5.74, 6) is 5.63. The van der Waals surface area contributed by atoms with Gasteiger partial charge in [-0.15, -0.1) is 0 Å². The van der Waals surface area contributed by atoms with Crippen LogP contribution >= 0.6 is 0 Å². The summed E-state index contributed by atoms with van der Waals surface area (Å²) in [6.45, 7) is 0.507. The lowest BCUT2D eigenvalue weighted by atomic mass is 10.1. The Morgan fingerprint density at radius 3 is 2.76 bits per heavy atom. The molecule has 0 aliphatic rings. The van der Waals surface area contributed by atoms with Gasteiger partial charge in [0.25, 0.3) is 5.91 Å².